The minimum atomic E-state index is -1.21. The third-order valence-electron chi connectivity index (χ3n) is 4.22. The summed E-state index contributed by atoms with van der Waals surface area (Å²) in [5, 5.41) is 18.7. The molecule has 1 unspecified atom stereocenters. The first kappa shape index (κ1) is 24.0. The highest BCUT2D eigenvalue weighted by atomic mass is 32.2. The van der Waals surface area contributed by atoms with Gasteiger partial charge in [-0.3, -0.25) is 9.59 Å². The van der Waals surface area contributed by atoms with Gasteiger partial charge in [0.25, 0.3) is 0 Å². The molecule has 1 rings (SSSR count). The molecule has 1 aromatic carbocycles. The van der Waals surface area contributed by atoms with Crippen LogP contribution in [0, 0.1) is 16.7 Å². The summed E-state index contributed by atoms with van der Waals surface area (Å²) in [6.45, 7) is 8.18. The number of aliphatic carboxylic acids is 1. The number of carbonyl (C=O) groups is 2. The molecule has 7 heteroatoms. The Labute approximate surface area is 171 Å². The van der Waals surface area contributed by atoms with E-state index in [1.165, 1.54) is 11.8 Å². The molecular weight excluding hydrogens is 378 g/mol. The van der Waals surface area contributed by atoms with E-state index in [2.05, 4.69) is 6.07 Å². The molecule has 0 aliphatic rings. The van der Waals surface area contributed by atoms with Gasteiger partial charge in [-0.1, -0.05) is 38.1 Å². The van der Waals surface area contributed by atoms with Crippen LogP contribution in [0.2, 0.25) is 0 Å². The van der Waals surface area contributed by atoms with Gasteiger partial charge in [0.15, 0.2) is 0 Å². The lowest BCUT2D eigenvalue weighted by molar-refractivity contribution is -0.146. The Morgan fingerprint density at radius 1 is 1.25 bits per heavy atom. The molecule has 0 aliphatic carbocycles. The number of esters is 1. The number of ether oxygens (including phenoxy) is 2. The highest BCUT2D eigenvalue weighted by molar-refractivity contribution is 7.99. The van der Waals surface area contributed by atoms with Crippen LogP contribution >= 0.6 is 11.8 Å². The van der Waals surface area contributed by atoms with Gasteiger partial charge in [0.05, 0.1) is 38.1 Å². The Morgan fingerprint density at radius 2 is 1.96 bits per heavy atom. The van der Waals surface area contributed by atoms with E-state index < -0.39 is 11.4 Å². The number of hydrogen-bond acceptors (Lipinski definition) is 6. The lowest BCUT2D eigenvalue weighted by atomic mass is 9.82. The first-order chi connectivity index (χ1) is 13.1. The molecular formula is C21H29NO5S. The first-order valence-electron chi connectivity index (χ1n) is 9.15. The predicted octanol–water partition coefficient (Wildman–Crippen LogP) is 3.43. The van der Waals surface area contributed by atoms with E-state index in [-0.39, 0.29) is 30.2 Å². The summed E-state index contributed by atoms with van der Waals surface area (Å²) in [7, 11) is 0. The fraction of sp³-hybridized carbons (Fsp3) is 0.571. The molecule has 0 heterocycles. The number of nitriles is 1. The number of nitrogens with zero attached hydrogens (tertiary/aromatic N) is 1. The Morgan fingerprint density at radius 3 is 2.57 bits per heavy atom. The molecule has 0 fully saturated rings. The van der Waals surface area contributed by atoms with Crippen molar-refractivity contribution >= 4 is 23.7 Å². The number of benzene rings is 1. The zero-order chi connectivity index (χ0) is 21.2. The number of carboxylic acid groups (broad SMARTS) is 1. The van der Waals surface area contributed by atoms with Crippen LogP contribution in [0.1, 0.15) is 38.8 Å². The van der Waals surface area contributed by atoms with Gasteiger partial charge in [-0.25, -0.2) is 0 Å². The zero-order valence-electron chi connectivity index (χ0n) is 17.0. The average Bonchev–Trinajstić information content (AvgIpc) is 2.61. The van der Waals surface area contributed by atoms with Crippen LogP contribution in [-0.2, 0) is 30.9 Å². The van der Waals surface area contributed by atoms with Crippen molar-refractivity contribution in [2.45, 2.75) is 39.5 Å². The van der Waals surface area contributed by atoms with Crippen molar-refractivity contribution in [1.29, 1.82) is 5.26 Å². The fourth-order valence-electron chi connectivity index (χ4n) is 2.57. The second-order valence-electron chi connectivity index (χ2n) is 7.63. The molecule has 0 amide bonds. The quantitative estimate of drug-likeness (QED) is 0.530. The fourth-order valence-corrected chi connectivity index (χ4v) is 3.56. The Kier molecular flexibility index (Phi) is 9.50. The van der Waals surface area contributed by atoms with Crippen molar-refractivity contribution in [3.8, 4) is 6.07 Å². The standard InChI is InChI=1S/C21H29NO5S/c1-5-27-18(23)12-28-15-20(2,3)13-26-14-21(4,19(24)25)17-8-6-7-16(11-17)9-10-22/h6-8,11H,5,9,12-15H2,1-4H3,(H,24,25). The molecule has 0 saturated heterocycles. The van der Waals surface area contributed by atoms with E-state index in [1.807, 2.05) is 13.8 Å². The molecule has 0 bridgehead atoms. The van der Waals surface area contributed by atoms with Crippen molar-refractivity contribution in [3.05, 3.63) is 35.4 Å². The molecule has 1 atom stereocenters. The van der Waals surface area contributed by atoms with Gasteiger partial charge >= 0.3 is 11.9 Å². The molecule has 1 N–H and O–H groups in total. The molecule has 0 aromatic heterocycles. The summed E-state index contributed by atoms with van der Waals surface area (Å²) in [6, 6.07) is 9.14. The maximum Gasteiger partial charge on any atom is 0.316 e. The number of carboxylic acids is 1. The zero-order valence-corrected chi connectivity index (χ0v) is 17.8. The molecule has 28 heavy (non-hydrogen) atoms. The summed E-state index contributed by atoms with van der Waals surface area (Å²) in [5.41, 5.74) is -0.0378. The Hall–Kier alpha value is -2.04. The third kappa shape index (κ3) is 7.53. The van der Waals surface area contributed by atoms with Gasteiger partial charge in [0.1, 0.15) is 5.41 Å². The van der Waals surface area contributed by atoms with E-state index in [4.69, 9.17) is 14.7 Å². The molecule has 6 nitrogen and oxygen atoms in total. The maximum absolute atomic E-state index is 12.0. The van der Waals surface area contributed by atoms with Crippen LogP contribution in [0.25, 0.3) is 0 Å². The van der Waals surface area contributed by atoms with E-state index >= 15 is 0 Å². The molecule has 0 aliphatic heterocycles. The van der Waals surface area contributed by atoms with E-state index in [0.29, 0.717) is 24.5 Å². The van der Waals surface area contributed by atoms with Crippen LogP contribution < -0.4 is 0 Å². The topological polar surface area (TPSA) is 96.6 Å². The van der Waals surface area contributed by atoms with Crippen molar-refractivity contribution in [1.82, 2.24) is 0 Å². The first-order valence-corrected chi connectivity index (χ1v) is 10.3. The van der Waals surface area contributed by atoms with Crippen molar-refractivity contribution in [3.63, 3.8) is 0 Å². The monoisotopic (exact) mass is 407 g/mol. The summed E-state index contributed by atoms with van der Waals surface area (Å²) in [5.74, 6) is -0.237. The van der Waals surface area contributed by atoms with Crippen LogP contribution in [0.5, 0.6) is 0 Å². The molecule has 1 aromatic rings. The van der Waals surface area contributed by atoms with E-state index in [0.717, 1.165) is 5.56 Å². The summed E-state index contributed by atoms with van der Waals surface area (Å²) in [4.78, 5) is 23.4. The van der Waals surface area contributed by atoms with Gasteiger partial charge in [0.2, 0.25) is 0 Å². The lowest BCUT2D eigenvalue weighted by Gasteiger charge is -2.29. The highest BCUT2D eigenvalue weighted by Crippen LogP contribution is 2.28. The predicted molar refractivity (Wildman–Crippen MR) is 109 cm³/mol. The van der Waals surface area contributed by atoms with Crippen LogP contribution in [0.3, 0.4) is 0 Å². The van der Waals surface area contributed by atoms with E-state index in [1.54, 1.807) is 38.1 Å². The largest absolute Gasteiger partial charge is 0.481 e. The van der Waals surface area contributed by atoms with Gasteiger partial charge < -0.3 is 14.6 Å². The normalized spacial score (nSPS) is 13.4. The van der Waals surface area contributed by atoms with Gasteiger partial charge in [-0.05, 0) is 30.4 Å². The molecule has 0 saturated carbocycles. The van der Waals surface area contributed by atoms with Crippen LogP contribution in [-0.4, -0.2) is 48.4 Å². The minimum absolute atomic E-state index is 0.0182. The number of hydrogen-bond donors (Lipinski definition) is 1. The molecule has 154 valence electrons. The van der Waals surface area contributed by atoms with Crippen molar-refractivity contribution in [2.24, 2.45) is 5.41 Å². The van der Waals surface area contributed by atoms with Crippen LogP contribution in [0.4, 0.5) is 0 Å². The average molecular weight is 408 g/mol. The van der Waals surface area contributed by atoms with E-state index in [9.17, 15) is 14.7 Å². The van der Waals surface area contributed by atoms with Gasteiger partial charge in [-0.15, -0.1) is 11.8 Å². The Balaban J connectivity index is 2.68. The SMILES string of the molecule is CCOC(=O)CSCC(C)(C)COCC(C)(C(=O)O)c1cccc(CC#N)c1. The van der Waals surface area contributed by atoms with Crippen molar-refractivity contribution in [2.75, 3.05) is 31.3 Å². The third-order valence-corrected chi connectivity index (χ3v) is 5.65. The van der Waals surface area contributed by atoms with Crippen LogP contribution in [0.15, 0.2) is 24.3 Å². The molecule has 0 spiro atoms. The number of carbonyl (C=O) groups excluding carboxylic acids is 1. The minimum Gasteiger partial charge on any atom is -0.481 e. The smallest absolute Gasteiger partial charge is 0.316 e. The lowest BCUT2D eigenvalue weighted by Crippen LogP contribution is -2.39. The summed E-state index contributed by atoms with van der Waals surface area (Å²) in [6.07, 6.45) is 0.231. The maximum atomic E-state index is 12.0. The number of thioether (sulfide) groups is 1. The summed E-state index contributed by atoms with van der Waals surface area (Å²) >= 11 is 1.47. The number of rotatable bonds is 12. The van der Waals surface area contributed by atoms with Gasteiger partial charge in [0, 0.05) is 5.75 Å². The second-order valence-corrected chi connectivity index (χ2v) is 8.61. The Bertz CT molecular complexity index is 713. The van der Waals surface area contributed by atoms with Gasteiger partial charge in [-0.2, -0.15) is 5.26 Å². The van der Waals surface area contributed by atoms with Crippen molar-refractivity contribution < 1.29 is 24.2 Å². The second kappa shape index (κ2) is 11.1. The molecule has 0 radical (unpaired) electrons. The highest BCUT2D eigenvalue weighted by Gasteiger charge is 2.36. The summed E-state index contributed by atoms with van der Waals surface area (Å²) < 4.78 is 10.7.